The van der Waals surface area contributed by atoms with Crippen LogP contribution in [0.4, 0.5) is 4.79 Å². The molecule has 2 aliphatic heterocycles. The van der Waals surface area contributed by atoms with E-state index in [0.717, 1.165) is 32.1 Å². The van der Waals surface area contributed by atoms with Gasteiger partial charge in [-0.15, -0.1) is 6.58 Å². The Morgan fingerprint density at radius 3 is 2.59 bits per heavy atom. The molecule has 54 heavy (non-hydrogen) atoms. The number of carbonyl (C=O) groups is 3. The van der Waals surface area contributed by atoms with Crippen LogP contribution in [0.5, 0.6) is 11.6 Å². The van der Waals surface area contributed by atoms with E-state index in [1.807, 2.05) is 12.1 Å². The molecule has 0 spiro atoms. The van der Waals surface area contributed by atoms with E-state index in [2.05, 4.69) is 21.6 Å². The molecule has 0 unspecified atom stereocenters. The summed E-state index contributed by atoms with van der Waals surface area (Å²) >= 11 is 0. The highest BCUT2D eigenvalue weighted by Crippen LogP contribution is 2.46. The Bertz CT molecular complexity index is 1980. The van der Waals surface area contributed by atoms with Gasteiger partial charge in [0, 0.05) is 24.3 Å². The quantitative estimate of drug-likeness (QED) is 0.239. The van der Waals surface area contributed by atoms with E-state index in [1.54, 1.807) is 33.9 Å². The Balaban J connectivity index is 1.23. The van der Waals surface area contributed by atoms with Crippen LogP contribution in [0.25, 0.3) is 11.0 Å². The summed E-state index contributed by atoms with van der Waals surface area (Å²) in [6.45, 7) is 9.14. The van der Waals surface area contributed by atoms with Crippen molar-refractivity contribution in [3.05, 3.63) is 36.5 Å². The summed E-state index contributed by atoms with van der Waals surface area (Å²) in [5.74, 6) is -1.59. The van der Waals surface area contributed by atoms with Crippen molar-refractivity contribution in [2.24, 2.45) is 21.6 Å². The molecule has 4 fully saturated rings. The number of rotatable bonds is 7. The lowest BCUT2D eigenvalue weighted by molar-refractivity contribution is -0.222. The highest BCUT2D eigenvalue weighted by atomic mass is 32.2. The number of carbonyl (C=O) groups excluding carboxylic acids is 3. The first kappa shape index (κ1) is 37.8. The lowest BCUT2D eigenvalue weighted by Crippen LogP contribution is -2.60. The molecule has 3 amide bonds. The van der Waals surface area contributed by atoms with Gasteiger partial charge in [-0.3, -0.25) is 9.59 Å². The monoisotopic (exact) mass is 765 g/mol. The number of methoxy groups -OCH3 is 1. The third kappa shape index (κ3) is 7.85. The first-order valence-electron chi connectivity index (χ1n) is 18.9. The lowest BCUT2D eigenvalue weighted by Gasteiger charge is -2.35. The van der Waals surface area contributed by atoms with Gasteiger partial charge in [0.2, 0.25) is 17.7 Å². The summed E-state index contributed by atoms with van der Waals surface area (Å²) in [5, 5.41) is 18.3. The number of hydrogen-bond acceptors (Lipinski definition) is 11. The minimum Gasteiger partial charge on any atom is -0.859 e. The van der Waals surface area contributed by atoms with Crippen molar-refractivity contribution >= 4 is 44.9 Å². The van der Waals surface area contributed by atoms with E-state index >= 15 is 0 Å². The fourth-order valence-corrected chi connectivity index (χ4v) is 8.85. The van der Waals surface area contributed by atoms with Crippen molar-refractivity contribution < 1.29 is 42.1 Å². The molecule has 2 N–H and O–H groups in total. The molecule has 2 bridgehead atoms. The summed E-state index contributed by atoms with van der Waals surface area (Å²) in [6.07, 6.45) is 5.77. The minimum atomic E-state index is -4.03. The molecule has 1 saturated heterocycles. The number of aromatic nitrogens is 2. The third-order valence-corrected chi connectivity index (χ3v) is 12.9. The molecule has 0 radical (unpaired) electrons. The molecule has 1 aromatic carbocycles. The normalized spacial score (nSPS) is 30.7. The number of alkyl carbamates (subject to hydrolysis) is 1. The zero-order valence-electron chi connectivity index (χ0n) is 31.2. The molecule has 3 heterocycles. The fourth-order valence-electron chi connectivity index (χ4n) is 7.58. The molecular weight excluding hydrogens is 717 g/mol. The van der Waals surface area contributed by atoms with E-state index < -0.39 is 74.1 Å². The second-order valence-electron chi connectivity index (χ2n) is 16.4. The van der Waals surface area contributed by atoms with Crippen LogP contribution >= 0.6 is 0 Å². The van der Waals surface area contributed by atoms with Crippen LogP contribution in [0.1, 0.15) is 84.3 Å². The summed E-state index contributed by atoms with van der Waals surface area (Å²) < 4.78 is 46.6. The van der Waals surface area contributed by atoms with E-state index in [1.165, 1.54) is 11.0 Å². The van der Waals surface area contributed by atoms with Crippen LogP contribution in [0, 0.1) is 17.3 Å². The summed E-state index contributed by atoms with van der Waals surface area (Å²) in [6, 6.07) is 3.17. The van der Waals surface area contributed by atoms with Crippen LogP contribution in [0.15, 0.2) is 35.3 Å². The van der Waals surface area contributed by atoms with Crippen molar-refractivity contribution in [1.82, 2.24) is 25.5 Å². The Kier molecular flexibility index (Phi) is 10.0. The molecule has 1 aromatic heterocycles. The van der Waals surface area contributed by atoms with Gasteiger partial charge in [-0.05, 0) is 68.4 Å². The largest absolute Gasteiger partial charge is 0.859 e. The predicted molar refractivity (Wildman–Crippen MR) is 196 cm³/mol. The van der Waals surface area contributed by atoms with Gasteiger partial charge in [0.1, 0.15) is 35.7 Å². The number of nitrogens with zero attached hydrogens (tertiary/aromatic N) is 4. The second kappa shape index (κ2) is 14.3. The average molecular weight is 766 g/mol. The van der Waals surface area contributed by atoms with Crippen molar-refractivity contribution in [3.8, 4) is 11.6 Å². The van der Waals surface area contributed by atoms with Crippen molar-refractivity contribution in [2.75, 3.05) is 13.7 Å². The third-order valence-electron chi connectivity index (χ3n) is 11.2. The maximum Gasteiger partial charge on any atom is 0.408 e. The van der Waals surface area contributed by atoms with Crippen molar-refractivity contribution in [1.29, 1.82) is 0 Å². The van der Waals surface area contributed by atoms with E-state index in [9.17, 15) is 27.9 Å². The standard InChI is InChI=1S/C38H50N6O9S/c1-6-22-19-38(22,35(47)43-54(49,50)25-13-14-25)42-32(45)29-18-24-20-44(29)34(46)31(37(2,3)4)41-36(48)53-30-16-21(30)10-8-7-9-11-27-33(52-24)40-28-17-23(51-5)12-15-26(28)39-27/h6,12,15,17,21-22,24-25,29-31H,1,7-11,13-14,16,18-20H2,2-5H3,(H,41,48)(H,42,45)(H,43,47)/p-1/t21-,22-,24-,29+,30-,31-,38-/m1/s1. The Morgan fingerprint density at radius 2 is 1.91 bits per heavy atom. The number of fused-ring (bicyclic) bond motifs is 5. The number of hydrogen-bond donors (Lipinski definition) is 2. The highest BCUT2D eigenvalue weighted by molar-refractivity contribution is 7.91. The minimum absolute atomic E-state index is 0.0143. The number of aryl methyl sites for hydroxylation is 1. The first-order chi connectivity index (χ1) is 25.6. The van der Waals surface area contributed by atoms with Gasteiger partial charge in [0.05, 0.1) is 35.5 Å². The van der Waals surface area contributed by atoms with Gasteiger partial charge in [-0.25, -0.2) is 23.2 Å². The molecule has 7 rings (SSSR count). The van der Waals surface area contributed by atoms with Crippen molar-refractivity contribution in [3.63, 3.8) is 0 Å². The number of benzene rings is 1. The fraction of sp³-hybridized carbons (Fsp3) is 0.632. The SMILES string of the molecule is C=C[C@@H]1C[C@]1(NC(=O)[C@@H]1C[C@@H]2CN1C(=O)[C@H](C(C)(C)C)NC(=O)O[C@@H]1C[C@H]1CCCCCc1nc3ccc(OC)cc3nc1O2)C([O-])=NS(=O)(=O)C1CC1. The van der Waals surface area contributed by atoms with Gasteiger partial charge in [0.15, 0.2) is 0 Å². The van der Waals surface area contributed by atoms with Crippen molar-refractivity contribution in [2.45, 2.75) is 120 Å². The predicted octanol–water partition coefficient (Wildman–Crippen LogP) is 2.94. The Labute approximate surface area is 315 Å². The molecule has 15 nitrogen and oxygen atoms in total. The van der Waals surface area contributed by atoms with Gasteiger partial charge < -0.3 is 34.9 Å². The summed E-state index contributed by atoms with van der Waals surface area (Å²) in [5.41, 5.74) is -0.522. The maximum absolute atomic E-state index is 14.6. The first-order valence-corrected chi connectivity index (χ1v) is 20.4. The molecule has 16 heteroatoms. The number of nitrogens with one attached hydrogen (secondary N) is 2. The smallest absolute Gasteiger partial charge is 0.408 e. The van der Waals surface area contributed by atoms with Crippen LogP contribution in [0.3, 0.4) is 0 Å². The van der Waals surface area contributed by atoms with E-state index in [4.69, 9.17) is 24.2 Å². The van der Waals surface area contributed by atoms with Gasteiger partial charge in [-0.2, -0.15) is 4.40 Å². The number of ether oxygens (including phenoxy) is 3. The van der Waals surface area contributed by atoms with Crippen LogP contribution in [0.2, 0.25) is 0 Å². The Morgan fingerprint density at radius 1 is 1.13 bits per heavy atom. The molecule has 3 saturated carbocycles. The molecule has 3 aliphatic carbocycles. The second-order valence-corrected chi connectivity index (χ2v) is 18.3. The molecule has 5 aliphatic rings. The van der Waals surface area contributed by atoms with Gasteiger partial charge >= 0.3 is 6.09 Å². The van der Waals surface area contributed by atoms with Gasteiger partial charge in [-0.1, -0.05) is 39.7 Å². The Hall–Kier alpha value is -4.47. The number of amides is 3. The molecular formula is C38H49N6O9S-. The molecule has 292 valence electrons. The zero-order valence-corrected chi connectivity index (χ0v) is 32.0. The van der Waals surface area contributed by atoms with Crippen LogP contribution < -0.4 is 25.2 Å². The van der Waals surface area contributed by atoms with Crippen LogP contribution in [-0.2, 0) is 30.8 Å². The van der Waals surface area contributed by atoms with Crippen LogP contribution in [-0.4, -0.2) is 95.8 Å². The van der Waals surface area contributed by atoms with E-state index in [-0.39, 0.29) is 37.3 Å². The number of sulfonamides is 1. The highest BCUT2D eigenvalue weighted by Gasteiger charge is 2.57. The molecule has 7 atom stereocenters. The lowest BCUT2D eigenvalue weighted by atomic mass is 9.85. The summed E-state index contributed by atoms with van der Waals surface area (Å²) in [4.78, 5) is 53.2. The maximum atomic E-state index is 14.6. The van der Waals surface area contributed by atoms with Gasteiger partial charge in [0.25, 0.3) is 10.0 Å². The zero-order chi connectivity index (χ0) is 38.6. The average Bonchev–Trinajstić information content (AvgIpc) is 4.04. The topological polar surface area (TPSA) is 202 Å². The molecule has 2 aromatic rings. The van der Waals surface area contributed by atoms with E-state index in [0.29, 0.717) is 41.7 Å². The summed E-state index contributed by atoms with van der Waals surface area (Å²) in [7, 11) is -2.46.